The fourth-order valence-electron chi connectivity index (χ4n) is 1.67. The SMILES string of the molecule is O=C(NCCc1cnc[nH]1)Nc1ccc(C(=O)O)cc1O. The number of H-pyrrole nitrogens is 1. The number of carbonyl (C=O) groups excluding carboxylic acids is 1. The molecular formula is C13H14N4O4. The Hall–Kier alpha value is -3.03. The number of carboxylic acids is 1. The number of aromatic amines is 1. The minimum absolute atomic E-state index is 0.0577. The van der Waals surface area contributed by atoms with Crippen LogP contribution in [-0.2, 0) is 6.42 Å². The zero-order valence-electron chi connectivity index (χ0n) is 11.0. The van der Waals surface area contributed by atoms with Crippen molar-refractivity contribution in [3.8, 4) is 5.75 Å². The maximum absolute atomic E-state index is 11.6. The van der Waals surface area contributed by atoms with Gasteiger partial charge in [-0.25, -0.2) is 14.6 Å². The minimum atomic E-state index is -1.15. The van der Waals surface area contributed by atoms with Crippen LogP contribution in [-0.4, -0.2) is 38.7 Å². The van der Waals surface area contributed by atoms with E-state index in [1.807, 2.05) is 0 Å². The molecule has 1 aromatic carbocycles. The topological polar surface area (TPSA) is 127 Å². The number of benzene rings is 1. The molecule has 2 rings (SSSR count). The van der Waals surface area contributed by atoms with Crippen LogP contribution >= 0.6 is 0 Å². The van der Waals surface area contributed by atoms with Gasteiger partial charge in [-0.3, -0.25) is 0 Å². The van der Waals surface area contributed by atoms with E-state index in [9.17, 15) is 14.7 Å². The molecule has 110 valence electrons. The van der Waals surface area contributed by atoms with E-state index in [-0.39, 0.29) is 17.0 Å². The van der Waals surface area contributed by atoms with E-state index in [0.29, 0.717) is 13.0 Å². The molecule has 0 saturated heterocycles. The lowest BCUT2D eigenvalue weighted by atomic mass is 10.2. The van der Waals surface area contributed by atoms with Crippen LogP contribution in [0.15, 0.2) is 30.7 Å². The summed E-state index contributed by atoms with van der Waals surface area (Å²) in [7, 11) is 0. The molecule has 8 nitrogen and oxygen atoms in total. The van der Waals surface area contributed by atoms with Crippen molar-refractivity contribution in [2.45, 2.75) is 6.42 Å². The van der Waals surface area contributed by atoms with Crippen molar-refractivity contribution >= 4 is 17.7 Å². The summed E-state index contributed by atoms with van der Waals surface area (Å²) in [6.07, 6.45) is 3.81. The first-order valence-corrected chi connectivity index (χ1v) is 6.14. The highest BCUT2D eigenvalue weighted by Gasteiger charge is 2.09. The Morgan fingerprint density at radius 1 is 1.33 bits per heavy atom. The third kappa shape index (κ3) is 3.96. The van der Waals surface area contributed by atoms with Gasteiger partial charge in [-0.1, -0.05) is 0 Å². The van der Waals surface area contributed by atoms with Gasteiger partial charge in [0.25, 0.3) is 0 Å². The molecule has 1 heterocycles. The zero-order valence-corrected chi connectivity index (χ0v) is 11.0. The zero-order chi connectivity index (χ0) is 15.2. The largest absolute Gasteiger partial charge is 0.506 e. The van der Waals surface area contributed by atoms with Crippen LogP contribution < -0.4 is 10.6 Å². The molecule has 0 bridgehead atoms. The molecule has 0 spiro atoms. The summed E-state index contributed by atoms with van der Waals surface area (Å²) >= 11 is 0. The van der Waals surface area contributed by atoms with Crippen molar-refractivity contribution in [1.82, 2.24) is 15.3 Å². The molecule has 21 heavy (non-hydrogen) atoms. The van der Waals surface area contributed by atoms with Crippen LogP contribution in [0.5, 0.6) is 5.75 Å². The van der Waals surface area contributed by atoms with Gasteiger partial charge in [0, 0.05) is 24.9 Å². The first kappa shape index (κ1) is 14.4. The predicted octanol–water partition coefficient (Wildman–Crippen LogP) is 1.18. The van der Waals surface area contributed by atoms with Gasteiger partial charge in [-0.05, 0) is 18.2 Å². The molecule has 2 aromatic rings. The van der Waals surface area contributed by atoms with Crippen LogP contribution in [0, 0.1) is 0 Å². The molecule has 0 aliphatic carbocycles. The number of rotatable bonds is 5. The highest BCUT2D eigenvalue weighted by molar-refractivity contribution is 5.93. The van der Waals surface area contributed by atoms with Gasteiger partial charge in [-0.2, -0.15) is 0 Å². The second kappa shape index (κ2) is 6.42. The summed E-state index contributed by atoms with van der Waals surface area (Å²) in [6.45, 7) is 0.391. The van der Waals surface area contributed by atoms with Crippen molar-refractivity contribution in [1.29, 1.82) is 0 Å². The first-order valence-electron chi connectivity index (χ1n) is 6.14. The number of imidazole rings is 1. The normalized spacial score (nSPS) is 10.1. The Morgan fingerprint density at radius 3 is 2.76 bits per heavy atom. The van der Waals surface area contributed by atoms with Gasteiger partial charge in [0.05, 0.1) is 17.6 Å². The van der Waals surface area contributed by atoms with Gasteiger partial charge in [0.1, 0.15) is 5.75 Å². The van der Waals surface area contributed by atoms with E-state index in [1.54, 1.807) is 12.5 Å². The molecular weight excluding hydrogens is 276 g/mol. The molecule has 1 aromatic heterocycles. The fraction of sp³-hybridized carbons (Fsp3) is 0.154. The summed E-state index contributed by atoms with van der Waals surface area (Å²) in [4.78, 5) is 29.1. The predicted molar refractivity (Wildman–Crippen MR) is 74.4 cm³/mol. The molecule has 0 atom stereocenters. The number of hydrogen-bond donors (Lipinski definition) is 5. The Morgan fingerprint density at radius 2 is 2.14 bits per heavy atom. The van der Waals surface area contributed by atoms with Crippen molar-refractivity contribution in [2.75, 3.05) is 11.9 Å². The number of aromatic nitrogens is 2. The number of carbonyl (C=O) groups is 2. The second-order valence-corrected chi connectivity index (χ2v) is 4.24. The molecule has 8 heteroatoms. The number of nitrogens with one attached hydrogen (secondary N) is 3. The molecule has 5 N–H and O–H groups in total. The third-order valence-electron chi connectivity index (χ3n) is 2.73. The number of urea groups is 1. The van der Waals surface area contributed by atoms with Gasteiger partial charge < -0.3 is 25.8 Å². The lowest BCUT2D eigenvalue weighted by Crippen LogP contribution is -2.30. The van der Waals surface area contributed by atoms with Crippen molar-refractivity contribution in [3.05, 3.63) is 42.0 Å². The average Bonchev–Trinajstić information content (AvgIpc) is 2.94. The molecule has 0 unspecified atom stereocenters. The lowest BCUT2D eigenvalue weighted by Gasteiger charge is -2.09. The van der Waals surface area contributed by atoms with E-state index in [4.69, 9.17) is 5.11 Å². The van der Waals surface area contributed by atoms with Gasteiger partial charge in [0.2, 0.25) is 0 Å². The number of anilines is 1. The third-order valence-corrected chi connectivity index (χ3v) is 2.73. The number of carboxylic acid groups (broad SMARTS) is 1. The summed E-state index contributed by atoms with van der Waals surface area (Å²) in [5, 5.41) is 23.5. The molecule has 0 fully saturated rings. The number of phenolic OH excluding ortho intramolecular Hbond substituents is 1. The number of hydrogen-bond acceptors (Lipinski definition) is 4. The molecule has 0 radical (unpaired) electrons. The summed E-state index contributed by atoms with van der Waals surface area (Å²) in [5.41, 5.74) is 0.973. The van der Waals surface area contributed by atoms with Crippen LogP contribution in [0.25, 0.3) is 0 Å². The smallest absolute Gasteiger partial charge is 0.335 e. The second-order valence-electron chi connectivity index (χ2n) is 4.24. The van der Waals surface area contributed by atoms with E-state index in [0.717, 1.165) is 11.8 Å². The highest BCUT2D eigenvalue weighted by atomic mass is 16.4. The van der Waals surface area contributed by atoms with Crippen molar-refractivity contribution < 1.29 is 19.8 Å². The lowest BCUT2D eigenvalue weighted by molar-refractivity contribution is 0.0696. The number of amides is 2. The maximum Gasteiger partial charge on any atom is 0.335 e. The maximum atomic E-state index is 11.6. The minimum Gasteiger partial charge on any atom is -0.506 e. The fourth-order valence-corrected chi connectivity index (χ4v) is 1.67. The number of nitrogens with zero attached hydrogens (tertiary/aromatic N) is 1. The van der Waals surface area contributed by atoms with E-state index < -0.39 is 12.0 Å². The van der Waals surface area contributed by atoms with E-state index >= 15 is 0 Å². The van der Waals surface area contributed by atoms with Crippen LogP contribution in [0.1, 0.15) is 16.1 Å². The van der Waals surface area contributed by atoms with Crippen LogP contribution in [0.2, 0.25) is 0 Å². The Labute approximate surface area is 119 Å². The highest BCUT2D eigenvalue weighted by Crippen LogP contribution is 2.24. The Kier molecular flexibility index (Phi) is 4.39. The van der Waals surface area contributed by atoms with Gasteiger partial charge in [0.15, 0.2) is 0 Å². The van der Waals surface area contributed by atoms with Gasteiger partial charge >= 0.3 is 12.0 Å². The van der Waals surface area contributed by atoms with Crippen LogP contribution in [0.4, 0.5) is 10.5 Å². The summed E-state index contributed by atoms with van der Waals surface area (Å²) < 4.78 is 0. The van der Waals surface area contributed by atoms with Crippen molar-refractivity contribution in [3.63, 3.8) is 0 Å². The van der Waals surface area contributed by atoms with Gasteiger partial charge in [-0.15, -0.1) is 0 Å². The Bertz CT molecular complexity index is 640. The quantitative estimate of drug-likeness (QED) is 0.528. The Balaban J connectivity index is 1.86. The summed E-state index contributed by atoms with van der Waals surface area (Å²) in [5.74, 6) is -1.46. The van der Waals surface area contributed by atoms with Crippen molar-refractivity contribution in [2.24, 2.45) is 0 Å². The van der Waals surface area contributed by atoms with E-state index in [2.05, 4.69) is 20.6 Å². The molecule has 0 saturated carbocycles. The molecule has 2 amide bonds. The summed E-state index contributed by atoms with van der Waals surface area (Å²) in [6, 6.07) is 3.20. The number of aromatic carboxylic acids is 1. The van der Waals surface area contributed by atoms with E-state index in [1.165, 1.54) is 12.1 Å². The molecule has 0 aliphatic heterocycles. The number of aromatic hydroxyl groups is 1. The first-order chi connectivity index (χ1) is 10.1. The average molecular weight is 290 g/mol. The number of phenols is 1. The monoisotopic (exact) mass is 290 g/mol. The molecule has 0 aliphatic rings. The van der Waals surface area contributed by atoms with Crippen LogP contribution in [0.3, 0.4) is 0 Å². The standard InChI is InChI=1S/C13H14N4O4/c18-11-5-8(12(19)20)1-2-10(11)17-13(21)15-4-3-9-6-14-7-16-9/h1-2,5-7,18H,3-4H2,(H,14,16)(H,19,20)(H2,15,17,21).